The number of ether oxygens (including phenoxy) is 2. The Morgan fingerprint density at radius 2 is 1.57 bits per heavy atom. The van der Waals surface area contributed by atoms with Crippen molar-refractivity contribution >= 4 is 5.69 Å². The molecule has 0 radical (unpaired) electrons. The van der Waals surface area contributed by atoms with Gasteiger partial charge in [0, 0.05) is 12.2 Å². The fraction of sp³-hybridized carbons (Fsp3) is 0.250. The number of rotatable bonds is 8. The third kappa shape index (κ3) is 5.26. The van der Waals surface area contributed by atoms with Gasteiger partial charge < -0.3 is 14.8 Å². The highest BCUT2D eigenvalue weighted by atomic mass is 19.1. The molecule has 1 N–H and O–H groups in total. The van der Waals surface area contributed by atoms with E-state index in [-0.39, 0.29) is 5.82 Å². The number of halogens is 1. The van der Waals surface area contributed by atoms with Crippen LogP contribution in [-0.2, 0) is 13.2 Å². The molecule has 0 saturated heterocycles. The van der Waals surface area contributed by atoms with Gasteiger partial charge in [-0.1, -0.05) is 30.3 Å². The minimum Gasteiger partial charge on any atom is -0.490 e. The maximum atomic E-state index is 13.0. The Morgan fingerprint density at radius 1 is 0.821 bits per heavy atom. The largest absolute Gasteiger partial charge is 0.490 e. The normalized spacial score (nSPS) is 10.6. The van der Waals surface area contributed by atoms with E-state index in [1.54, 1.807) is 12.1 Å². The van der Waals surface area contributed by atoms with Crippen LogP contribution in [0.15, 0.2) is 60.7 Å². The van der Waals surface area contributed by atoms with Crippen LogP contribution in [0.1, 0.15) is 29.2 Å². The molecule has 0 unspecified atom stereocenters. The number of benzene rings is 3. The minimum atomic E-state index is -0.251. The Morgan fingerprint density at radius 3 is 2.32 bits per heavy atom. The predicted molar refractivity (Wildman–Crippen MR) is 112 cm³/mol. The molecule has 28 heavy (non-hydrogen) atoms. The van der Waals surface area contributed by atoms with E-state index in [4.69, 9.17) is 9.47 Å². The van der Waals surface area contributed by atoms with Crippen molar-refractivity contribution in [2.24, 2.45) is 0 Å². The van der Waals surface area contributed by atoms with Gasteiger partial charge in [0.25, 0.3) is 0 Å². The average molecular weight is 379 g/mol. The van der Waals surface area contributed by atoms with Crippen LogP contribution < -0.4 is 14.8 Å². The Bertz CT molecular complexity index is 922. The lowest BCUT2D eigenvalue weighted by atomic mass is 10.1. The summed E-state index contributed by atoms with van der Waals surface area (Å²) in [6, 6.07) is 18.7. The zero-order chi connectivity index (χ0) is 19.9. The SMILES string of the molecule is CCOc1cc(CNc2cc(C)ccc2C)ccc1OCc1ccc(F)cc1. The average Bonchev–Trinajstić information content (AvgIpc) is 2.69. The summed E-state index contributed by atoms with van der Waals surface area (Å²) in [6.45, 7) is 7.75. The molecule has 0 aromatic heterocycles. The summed E-state index contributed by atoms with van der Waals surface area (Å²) in [5.74, 6) is 1.14. The summed E-state index contributed by atoms with van der Waals surface area (Å²) in [6.07, 6.45) is 0. The summed E-state index contributed by atoms with van der Waals surface area (Å²) in [5, 5.41) is 3.49. The third-order valence-corrected chi connectivity index (χ3v) is 4.49. The number of hydrogen-bond acceptors (Lipinski definition) is 3. The first-order valence-corrected chi connectivity index (χ1v) is 9.49. The Balaban J connectivity index is 1.69. The molecule has 0 aliphatic carbocycles. The van der Waals surface area contributed by atoms with E-state index in [0.29, 0.717) is 31.3 Å². The quantitative estimate of drug-likeness (QED) is 0.518. The highest BCUT2D eigenvalue weighted by Gasteiger charge is 2.08. The smallest absolute Gasteiger partial charge is 0.161 e. The van der Waals surface area contributed by atoms with Crippen LogP contribution in [0.2, 0.25) is 0 Å². The van der Waals surface area contributed by atoms with Crippen LogP contribution in [0.3, 0.4) is 0 Å². The lowest BCUT2D eigenvalue weighted by molar-refractivity contribution is 0.269. The highest BCUT2D eigenvalue weighted by molar-refractivity contribution is 5.53. The van der Waals surface area contributed by atoms with Crippen LogP contribution in [0.5, 0.6) is 11.5 Å². The van der Waals surface area contributed by atoms with E-state index in [0.717, 1.165) is 16.8 Å². The maximum Gasteiger partial charge on any atom is 0.161 e. The van der Waals surface area contributed by atoms with E-state index in [9.17, 15) is 4.39 Å². The van der Waals surface area contributed by atoms with Gasteiger partial charge in [0.2, 0.25) is 0 Å². The number of anilines is 1. The van der Waals surface area contributed by atoms with Crippen LogP contribution in [0.4, 0.5) is 10.1 Å². The van der Waals surface area contributed by atoms with Crippen molar-refractivity contribution in [3.05, 3.63) is 88.7 Å². The molecular formula is C24H26FNO2. The first-order chi connectivity index (χ1) is 13.5. The van der Waals surface area contributed by atoms with Gasteiger partial charge in [-0.2, -0.15) is 0 Å². The van der Waals surface area contributed by atoms with E-state index >= 15 is 0 Å². The molecule has 3 nitrogen and oxygen atoms in total. The Hall–Kier alpha value is -3.01. The van der Waals surface area contributed by atoms with E-state index in [2.05, 4.69) is 37.4 Å². The number of hydrogen-bond donors (Lipinski definition) is 1. The topological polar surface area (TPSA) is 30.5 Å². The molecule has 0 fully saturated rings. The highest BCUT2D eigenvalue weighted by Crippen LogP contribution is 2.30. The molecular weight excluding hydrogens is 353 g/mol. The summed E-state index contributed by atoms with van der Waals surface area (Å²) in [5.41, 5.74) is 5.60. The van der Waals surface area contributed by atoms with Crippen molar-refractivity contribution in [2.75, 3.05) is 11.9 Å². The standard InChI is InChI=1S/C24H26FNO2/c1-4-27-24-14-20(15-26-22-13-17(2)5-6-18(22)3)9-12-23(24)28-16-19-7-10-21(25)11-8-19/h5-14,26H,4,15-16H2,1-3H3. The molecule has 146 valence electrons. The van der Waals surface area contributed by atoms with Gasteiger partial charge in [-0.3, -0.25) is 0 Å². The maximum absolute atomic E-state index is 13.0. The van der Waals surface area contributed by atoms with Gasteiger partial charge in [0.05, 0.1) is 6.61 Å². The van der Waals surface area contributed by atoms with Crippen molar-refractivity contribution in [2.45, 2.75) is 33.9 Å². The molecule has 0 spiro atoms. The summed E-state index contributed by atoms with van der Waals surface area (Å²) < 4.78 is 24.7. The second-order valence-corrected chi connectivity index (χ2v) is 6.80. The van der Waals surface area contributed by atoms with Gasteiger partial charge in [0.15, 0.2) is 11.5 Å². The zero-order valence-corrected chi connectivity index (χ0v) is 16.6. The molecule has 3 aromatic rings. The Labute approximate surface area is 166 Å². The fourth-order valence-electron chi connectivity index (χ4n) is 2.92. The molecule has 3 rings (SSSR count). The fourth-order valence-corrected chi connectivity index (χ4v) is 2.92. The molecule has 0 bridgehead atoms. The van der Waals surface area contributed by atoms with E-state index < -0.39 is 0 Å². The van der Waals surface area contributed by atoms with Crippen LogP contribution in [-0.4, -0.2) is 6.61 Å². The summed E-state index contributed by atoms with van der Waals surface area (Å²) >= 11 is 0. The molecule has 0 aliphatic rings. The molecule has 0 atom stereocenters. The van der Waals surface area contributed by atoms with Gasteiger partial charge in [0.1, 0.15) is 12.4 Å². The van der Waals surface area contributed by atoms with Crippen LogP contribution in [0.25, 0.3) is 0 Å². The first kappa shape index (κ1) is 19.7. The van der Waals surface area contributed by atoms with Crippen molar-refractivity contribution < 1.29 is 13.9 Å². The second-order valence-electron chi connectivity index (χ2n) is 6.80. The summed E-state index contributed by atoms with van der Waals surface area (Å²) in [7, 11) is 0. The van der Waals surface area contributed by atoms with Gasteiger partial charge >= 0.3 is 0 Å². The molecule has 3 aromatic carbocycles. The van der Waals surface area contributed by atoms with E-state index in [1.165, 1.54) is 23.3 Å². The summed E-state index contributed by atoms with van der Waals surface area (Å²) in [4.78, 5) is 0. The molecule has 0 saturated carbocycles. The lowest BCUT2D eigenvalue weighted by Crippen LogP contribution is -2.04. The van der Waals surface area contributed by atoms with Crippen LogP contribution in [0, 0.1) is 19.7 Å². The number of aryl methyl sites for hydroxylation is 2. The van der Waals surface area contributed by atoms with Crippen molar-refractivity contribution in [3.8, 4) is 11.5 Å². The Kier molecular flexibility index (Phi) is 6.53. The monoisotopic (exact) mass is 379 g/mol. The molecule has 4 heteroatoms. The molecule has 0 amide bonds. The van der Waals surface area contributed by atoms with Crippen molar-refractivity contribution in [3.63, 3.8) is 0 Å². The minimum absolute atomic E-state index is 0.251. The first-order valence-electron chi connectivity index (χ1n) is 9.49. The van der Waals surface area contributed by atoms with Crippen molar-refractivity contribution in [1.29, 1.82) is 0 Å². The van der Waals surface area contributed by atoms with Gasteiger partial charge in [-0.25, -0.2) is 4.39 Å². The second kappa shape index (κ2) is 9.27. The predicted octanol–water partition coefficient (Wildman–Crippen LogP) is 6.03. The molecule has 0 aliphatic heterocycles. The zero-order valence-electron chi connectivity index (χ0n) is 16.6. The lowest BCUT2D eigenvalue weighted by Gasteiger charge is -2.15. The molecule has 0 heterocycles. The van der Waals surface area contributed by atoms with Crippen molar-refractivity contribution in [1.82, 2.24) is 0 Å². The van der Waals surface area contributed by atoms with Gasteiger partial charge in [-0.05, 0) is 73.4 Å². The van der Waals surface area contributed by atoms with Gasteiger partial charge in [-0.15, -0.1) is 0 Å². The number of nitrogens with one attached hydrogen (secondary N) is 1. The third-order valence-electron chi connectivity index (χ3n) is 4.49. The van der Waals surface area contributed by atoms with Crippen LogP contribution >= 0.6 is 0 Å². The van der Waals surface area contributed by atoms with E-state index in [1.807, 2.05) is 25.1 Å².